The maximum Gasteiger partial charge on any atom is 0.531 e. The molecule has 4 nitrogen and oxygen atoms in total. The molecule has 0 atom stereocenters. The van der Waals surface area contributed by atoms with Crippen LogP contribution in [0, 0.1) is 12.3 Å². The van der Waals surface area contributed by atoms with Gasteiger partial charge in [0.25, 0.3) is 0 Å². The molecule has 1 saturated heterocycles. The lowest BCUT2D eigenvalue weighted by atomic mass is 9.81. The van der Waals surface area contributed by atoms with Gasteiger partial charge in [-0.25, -0.2) is 0 Å². The third-order valence-corrected chi connectivity index (χ3v) is 3.93. The lowest BCUT2D eigenvalue weighted by Crippen LogP contribution is -2.47. The Bertz CT molecular complexity index is 420. The highest BCUT2D eigenvalue weighted by atomic mass is 28.3. The summed E-state index contributed by atoms with van der Waals surface area (Å²) in [6.07, 6.45) is 0. The number of rotatable bonds is 4. The number of furan rings is 1. The standard InChI is InChI=1S/C13H23BO4Si/c1-10-11(7-17-19(4)5)6-12(18-10)14-15-8-13(2,3)9-16-14/h6,19H,7-9H2,1-5H3. The Morgan fingerprint density at radius 3 is 2.53 bits per heavy atom. The molecule has 0 spiro atoms. The monoisotopic (exact) mass is 282 g/mol. The van der Waals surface area contributed by atoms with E-state index in [1.807, 2.05) is 13.0 Å². The van der Waals surface area contributed by atoms with Crippen LogP contribution in [0.15, 0.2) is 10.5 Å². The first kappa shape index (κ1) is 14.8. The molecule has 1 fully saturated rings. The van der Waals surface area contributed by atoms with Crippen molar-refractivity contribution in [2.24, 2.45) is 5.41 Å². The first-order valence-corrected chi connectivity index (χ1v) is 9.59. The smallest absolute Gasteiger partial charge is 0.470 e. The molecule has 6 heteroatoms. The fourth-order valence-electron chi connectivity index (χ4n) is 1.92. The summed E-state index contributed by atoms with van der Waals surface area (Å²) in [6, 6.07) is 2.00. The van der Waals surface area contributed by atoms with Crippen molar-refractivity contribution in [1.82, 2.24) is 0 Å². The van der Waals surface area contributed by atoms with Crippen molar-refractivity contribution < 1.29 is 18.2 Å². The van der Waals surface area contributed by atoms with Gasteiger partial charge in [-0.1, -0.05) is 13.8 Å². The molecule has 19 heavy (non-hydrogen) atoms. The molecule has 1 aromatic rings. The van der Waals surface area contributed by atoms with Gasteiger partial charge in [0, 0.05) is 24.2 Å². The quantitative estimate of drug-likeness (QED) is 0.790. The van der Waals surface area contributed by atoms with E-state index in [0.717, 1.165) is 17.0 Å². The Labute approximate surface area is 117 Å². The van der Waals surface area contributed by atoms with Crippen LogP contribution >= 0.6 is 0 Å². The van der Waals surface area contributed by atoms with Crippen LogP contribution in [0.4, 0.5) is 0 Å². The molecule has 0 N–H and O–H groups in total. The molecule has 1 aromatic heterocycles. The normalized spacial score (nSPS) is 19.2. The third kappa shape index (κ3) is 3.95. The van der Waals surface area contributed by atoms with Gasteiger partial charge in [-0.15, -0.1) is 0 Å². The molecule has 106 valence electrons. The van der Waals surface area contributed by atoms with Gasteiger partial charge in [0.2, 0.25) is 0 Å². The van der Waals surface area contributed by atoms with E-state index in [9.17, 15) is 0 Å². The zero-order valence-electron chi connectivity index (χ0n) is 12.5. The highest BCUT2D eigenvalue weighted by Crippen LogP contribution is 2.22. The second kappa shape index (κ2) is 5.83. The minimum atomic E-state index is -1.01. The first-order chi connectivity index (χ1) is 8.87. The van der Waals surface area contributed by atoms with Crippen molar-refractivity contribution in [3.8, 4) is 0 Å². The van der Waals surface area contributed by atoms with Crippen LogP contribution < -0.4 is 5.66 Å². The SMILES string of the molecule is Cc1oc(B2OCC(C)(C)CO2)cc1CO[SiH](C)C. The second-order valence-electron chi connectivity index (χ2n) is 6.21. The zero-order chi connectivity index (χ0) is 14.0. The van der Waals surface area contributed by atoms with E-state index >= 15 is 0 Å². The van der Waals surface area contributed by atoms with Gasteiger partial charge in [0.15, 0.2) is 9.04 Å². The predicted octanol–water partition coefficient (Wildman–Crippen LogP) is 1.86. The molecule has 0 bridgehead atoms. The Morgan fingerprint density at radius 2 is 1.95 bits per heavy atom. The summed E-state index contributed by atoms with van der Waals surface area (Å²) in [6.45, 7) is 12.5. The summed E-state index contributed by atoms with van der Waals surface area (Å²) in [7, 11) is -1.39. The summed E-state index contributed by atoms with van der Waals surface area (Å²) in [5.41, 5.74) is 1.91. The van der Waals surface area contributed by atoms with Crippen molar-refractivity contribution in [2.45, 2.75) is 40.5 Å². The molecule has 0 unspecified atom stereocenters. The predicted molar refractivity (Wildman–Crippen MR) is 78.2 cm³/mol. The third-order valence-electron chi connectivity index (χ3n) is 3.10. The van der Waals surface area contributed by atoms with E-state index in [1.54, 1.807) is 0 Å². The van der Waals surface area contributed by atoms with E-state index in [4.69, 9.17) is 18.2 Å². The molecule has 0 amide bonds. The van der Waals surface area contributed by atoms with Gasteiger partial charge in [-0.3, -0.25) is 0 Å². The van der Waals surface area contributed by atoms with Crippen molar-refractivity contribution in [1.29, 1.82) is 0 Å². The molecule has 2 rings (SSSR count). The lowest BCUT2D eigenvalue weighted by molar-refractivity contribution is 0.0325. The molecule has 0 radical (unpaired) electrons. The van der Waals surface area contributed by atoms with Crippen molar-refractivity contribution in [3.63, 3.8) is 0 Å². The highest BCUT2D eigenvalue weighted by molar-refractivity contribution is 6.60. The molecular weight excluding hydrogens is 259 g/mol. The first-order valence-electron chi connectivity index (χ1n) is 6.81. The Balaban J connectivity index is 2.00. The van der Waals surface area contributed by atoms with Gasteiger partial charge in [-0.05, 0) is 26.1 Å². The van der Waals surface area contributed by atoms with Gasteiger partial charge in [0.05, 0.1) is 6.61 Å². The Kier molecular flexibility index (Phi) is 4.55. The fourth-order valence-corrected chi connectivity index (χ4v) is 2.43. The molecule has 0 aromatic carbocycles. The van der Waals surface area contributed by atoms with Gasteiger partial charge in [0.1, 0.15) is 11.4 Å². The summed E-state index contributed by atoms with van der Waals surface area (Å²) in [5, 5.41) is 0. The topological polar surface area (TPSA) is 40.8 Å². The molecule has 1 aliphatic heterocycles. The molecule has 0 saturated carbocycles. The van der Waals surface area contributed by atoms with E-state index in [2.05, 4.69) is 26.9 Å². The van der Waals surface area contributed by atoms with E-state index in [-0.39, 0.29) is 12.5 Å². The van der Waals surface area contributed by atoms with Crippen molar-refractivity contribution in [3.05, 3.63) is 17.4 Å². The van der Waals surface area contributed by atoms with Crippen LogP contribution in [0.25, 0.3) is 0 Å². The maximum atomic E-state index is 5.74. The Hall–Kier alpha value is -0.558. The lowest BCUT2D eigenvalue weighted by Gasteiger charge is -2.32. The van der Waals surface area contributed by atoms with E-state index < -0.39 is 9.04 Å². The van der Waals surface area contributed by atoms with Gasteiger partial charge < -0.3 is 18.2 Å². The number of aryl methyl sites for hydroxylation is 1. The molecule has 2 heterocycles. The van der Waals surface area contributed by atoms with Crippen LogP contribution in [-0.4, -0.2) is 29.4 Å². The summed E-state index contributed by atoms with van der Waals surface area (Å²) < 4.78 is 22.9. The van der Waals surface area contributed by atoms with Crippen LogP contribution in [-0.2, 0) is 20.3 Å². The maximum absolute atomic E-state index is 5.74. The molecule has 1 aliphatic rings. The van der Waals surface area contributed by atoms with Crippen LogP contribution in [0.2, 0.25) is 13.1 Å². The average Bonchev–Trinajstić information content (AvgIpc) is 2.68. The zero-order valence-corrected chi connectivity index (χ0v) is 13.6. The van der Waals surface area contributed by atoms with Crippen molar-refractivity contribution >= 4 is 21.8 Å². The van der Waals surface area contributed by atoms with Crippen LogP contribution in [0.5, 0.6) is 0 Å². The minimum absolute atomic E-state index is 0.0767. The van der Waals surface area contributed by atoms with Gasteiger partial charge in [-0.2, -0.15) is 0 Å². The highest BCUT2D eigenvalue weighted by Gasteiger charge is 2.36. The Morgan fingerprint density at radius 1 is 1.32 bits per heavy atom. The average molecular weight is 282 g/mol. The fraction of sp³-hybridized carbons (Fsp3) is 0.692. The summed E-state index contributed by atoms with van der Waals surface area (Å²) in [5.74, 6) is 0.890. The molecular formula is C13H23BO4Si. The van der Waals surface area contributed by atoms with Crippen LogP contribution in [0.1, 0.15) is 25.2 Å². The summed E-state index contributed by atoms with van der Waals surface area (Å²) >= 11 is 0. The van der Waals surface area contributed by atoms with Crippen LogP contribution in [0.3, 0.4) is 0 Å². The van der Waals surface area contributed by atoms with Crippen molar-refractivity contribution in [2.75, 3.05) is 13.2 Å². The van der Waals surface area contributed by atoms with E-state index in [0.29, 0.717) is 19.8 Å². The second-order valence-corrected chi connectivity index (χ2v) is 8.64. The summed E-state index contributed by atoms with van der Waals surface area (Å²) in [4.78, 5) is 0. The number of hydrogen-bond acceptors (Lipinski definition) is 4. The number of hydrogen-bond donors (Lipinski definition) is 0. The van der Waals surface area contributed by atoms with Gasteiger partial charge >= 0.3 is 7.12 Å². The van der Waals surface area contributed by atoms with E-state index in [1.165, 1.54) is 0 Å². The molecule has 0 aliphatic carbocycles. The largest absolute Gasteiger partial charge is 0.531 e. The minimum Gasteiger partial charge on any atom is -0.470 e.